The molecule has 4 rings (SSSR count). The summed E-state index contributed by atoms with van der Waals surface area (Å²) in [5, 5.41) is 8.72. The SMILES string of the molecule is O=C(C=Cc1scc2ccccc12)CC(=O)C=Cc1scc2ccccc12. The Bertz CT molecular complexity index is 1100. The standard InChI is InChI=1S/C23H16O2S2/c24-18(9-11-22-20-7-3-1-5-16(20)14-26-22)13-19(25)10-12-23-21-8-4-2-6-17(21)15-27-23/h1-12,14-15H,13H2. The predicted octanol–water partition coefficient (Wildman–Crippen LogP) is 6.37. The minimum absolute atomic E-state index is 0.111. The summed E-state index contributed by atoms with van der Waals surface area (Å²) in [6.45, 7) is 0. The second-order valence-electron chi connectivity index (χ2n) is 6.15. The van der Waals surface area contributed by atoms with Crippen LogP contribution in [0.4, 0.5) is 0 Å². The van der Waals surface area contributed by atoms with Crippen molar-refractivity contribution in [1.82, 2.24) is 0 Å². The Labute approximate surface area is 165 Å². The van der Waals surface area contributed by atoms with Crippen molar-refractivity contribution in [3.63, 3.8) is 0 Å². The van der Waals surface area contributed by atoms with Crippen LogP contribution in [0.1, 0.15) is 16.2 Å². The number of hydrogen-bond donors (Lipinski definition) is 0. The summed E-state index contributed by atoms with van der Waals surface area (Å²) in [6, 6.07) is 16.1. The third-order valence-corrected chi connectivity index (χ3v) is 6.23. The lowest BCUT2D eigenvalue weighted by Gasteiger charge is -1.93. The highest BCUT2D eigenvalue weighted by Gasteiger charge is 2.06. The summed E-state index contributed by atoms with van der Waals surface area (Å²) in [4.78, 5) is 26.3. The number of carbonyl (C=O) groups is 2. The van der Waals surface area contributed by atoms with Crippen LogP contribution in [0, 0.1) is 0 Å². The molecule has 0 saturated heterocycles. The van der Waals surface area contributed by atoms with Crippen LogP contribution in [0.2, 0.25) is 0 Å². The Balaban J connectivity index is 1.41. The zero-order chi connectivity index (χ0) is 18.6. The smallest absolute Gasteiger partial charge is 0.163 e. The molecule has 2 nitrogen and oxygen atoms in total. The predicted molar refractivity (Wildman–Crippen MR) is 116 cm³/mol. The van der Waals surface area contributed by atoms with Crippen LogP contribution in [0.15, 0.2) is 71.4 Å². The average molecular weight is 389 g/mol. The fourth-order valence-electron chi connectivity index (χ4n) is 2.91. The summed E-state index contributed by atoms with van der Waals surface area (Å²) in [6.07, 6.45) is 6.51. The van der Waals surface area contributed by atoms with E-state index in [2.05, 4.69) is 10.8 Å². The fourth-order valence-corrected chi connectivity index (χ4v) is 4.75. The number of ketones is 2. The minimum atomic E-state index is -0.182. The highest BCUT2D eigenvalue weighted by Crippen LogP contribution is 2.27. The van der Waals surface area contributed by atoms with Crippen LogP contribution in [-0.4, -0.2) is 11.6 Å². The normalized spacial score (nSPS) is 11.9. The van der Waals surface area contributed by atoms with Crippen molar-refractivity contribution >= 4 is 67.9 Å². The molecule has 0 spiro atoms. The van der Waals surface area contributed by atoms with Gasteiger partial charge in [-0.15, -0.1) is 22.7 Å². The quantitative estimate of drug-likeness (QED) is 0.284. The van der Waals surface area contributed by atoms with Gasteiger partial charge in [-0.2, -0.15) is 0 Å². The molecule has 0 aliphatic heterocycles. The maximum Gasteiger partial charge on any atom is 0.163 e. The largest absolute Gasteiger partial charge is 0.294 e. The second-order valence-corrected chi connectivity index (χ2v) is 7.97. The van der Waals surface area contributed by atoms with Crippen LogP contribution in [0.5, 0.6) is 0 Å². The highest BCUT2D eigenvalue weighted by atomic mass is 32.1. The maximum absolute atomic E-state index is 12.1. The molecule has 4 aromatic rings. The third-order valence-electron chi connectivity index (χ3n) is 4.27. The molecule has 0 radical (unpaired) electrons. The van der Waals surface area contributed by atoms with Crippen molar-refractivity contribution < 1.29 is 9.59 Å². The Morgan fingerprint density at radius 3 is 1.63 bits per heavy atom. The molecule has 0 amide bonds. The van der Waals surface area contributed by atoms with Crippen molar-refractivity contribution in [2.24, 2.45) is 0 Å². The van der Waals surface area contributed by atoms with Gasteiger partial charge in [-0.3, -0.25) is 9.59 Å². The topological polar surface area (TPSA) is 34.1 Å². The van der Waals surface area contributed by atoms with E-state index < -0.39 is 0 Å². The second kappa shape index (κ2) is 7.82. The first-order valence-corrected chi connectivity index (χ1v) is 10.3. The van der Waals surface area contributed by atoms with Crippen LogP contribution in [-0.2, 0) is 9.59 Å². The van der Waals surface area contributed by atoms with Crippen molar-refractivity contribution in [2.75, 3.05) is 0 Å². The summed E-state index contributed by atoms with van der Waals surface area (Å²) in [7, 11) is 0. The monoisotopic (exact) mass is 388 g/mol. The Morgan fingerprint density at radius 2 is 1.15 bits per heavy atom. The molecule has 27 heavy (non-hydrogen) atoms. The maximum atomic E-state index is 12.1. The number of hydrogen-bond acceptors (Lipinski definition) is 4. The van der Waals surface area contributed by atoms with E-state index in [0.717, 1.165) is 31.3 Å². The van der Waals surface area contributed by atoms with Gasteiger partial charge in [0.05, 0.1) is 6.42 Å². The van der Waals surface area contributed by atoms with Crippen LogP contribution in [0.3, 0.4) is 0 Å². The molecule has 2 aromatic heterocycles. The molecule has 0 aliphatic carbocycles. The van der Waals surface area contributed by atoms with E-state index in [4.69, 9.17) is 0 Å². The van der Waals surface area contributed by atoms with Gasteiger partial charge in [-0.25, -0.2) is 0 Å². The molecule has 0 bridgehead atoms. The van der Waals surface area contributed by atoms with Crippen LogP contribution < -0.4 is 0 Å². The fraction of sp³-hybridized carbons (Fsp3) is 0.0435. The van der Waals surface area contributed by atoms with Crippen molar-refractivity contribution in [1.29, 1.82) is 0 Å². The lowest BCUT2D eigenvalue weighted by Crippen LogP contribution is -2.01. The van der Waals surface area contributed by atoms with Crippen molar-refractivity contribution in [2.45, 2.75) is 6.42 Å². The van der Waals surface area contributed by atoms with Crippen LogP contribution >= 0.6 is 22.7 Å². The average Bonchev–Trinajstić information content (AvgIpc) is 3.29. The molecule has 132 valence electrons. The van der Waals surface area contributed by atoms with Gasteiger partial charge in [0, 0.05) is 9.75 Å². The van der Waals surface area contributed by atoms with Gasteiger partial charge in [0.15, 0.2) is 11.6 Å². The van der Waals surface area contributed by atoms with Gasteiger partial charge in [0.25, 0.3) is 0 Å². The number of allylic oxidation sites excluding steroid dienone is 2. The minimum Gasteiger partial charge on any atom is -0.294 e. The zero-order valence-electron chi connectivity index (χ0n) is 14.4. The first kappa shape index (κ1) is 17.6. The van der Waals surface area contributed by atoms with E-state index in [0.29, 0.717) is 0 Å². The molecule has 4 heteroatoms. The summed E-state index contributed by atoms with van der Waals surface area (Å²) < 4.78 is 0. The van der Waals surface area contributed by atoms with E-state index in [1.807, 2.05) is 48.5 Å². The summed E-state index contributed by atoms with van der Waals surface area (Å²) in [5.41, 5.74) is 0. The van der Waals surface area contributed by atoms with Gasteiger partial charge >= 0.3 is 0 Å². The number of benzene rings is 2. The van der Waals surface area contributed by atoms with E-state index in [-0.39, 0.29) is 18.0 Å². The van der Waals surface area contributed by atoms with Gasteiger partial charge in [-0.05, 0) is 56.6 Å². The molecule has 0 fully saturated rings. The van der Waals surface area contributed by atoms with E-state index >= 15 is 0 Å². The first-order valence-electron chi connectivity index (χ1n) is 8.55. The van der Waals surface area contributed by atoms with Crippen molar-refractivity contribution in [3.8, 4) is 0 Å². The molecular weight excluding hydrogens is 372 g/mol. The molecule has 0 atom stereocenters. The van der Waals surface area contributed by atoms with Crippen molar-refractivity contribution in [3.05, 3.63) is 81.2 Å². The van der Waals surface area contributed by atoms with Crippen LogP contribution in [0.25, 0.3) is 33.7 Å². The molecule has 0 N–H and O–H groups in total. The molecule has 0 saturated carbocycles. The van der Waals surface area contributed by atoms with E-state index in [1.54, 1.807) is 34.8 Å². The Morgan fingerprint density at radius 1 is 0.704 bits per heavy atom. The summed E-state index contributed by atoms with van der Waals surface area (Å²) >= 11 is 3.19. The van der Waals surface area contributed by atoms with E-state index in [9.17, 15) is 9.59 Å². The Kier molecular flexibility index (Phi) is 5.10. The third kappa shape index (κ3) is 3.97. The zero-order valence-corrected chi connectivity index (χ0v) is 16.1. The highest BCUT2D eigenvalue weighted by molar-refractivity contribution is 7.13. The van der Waals surface area contributed by atoms with Gasteiger partial charge in [0.2, 0.25) is 0 Å². The number of thiophene rings is 2. The molecule has 2 aromatic carbocycles. The van der Waals surface area contributed by atoms with Gasteiger partial charge in [0.1, 0.15) is 0 Å². The summed E-state index contributed by atoms with van der Waals surface area (Å²) in [5.74, 6) is -0.365. The molecule has 0 aliphatic rings. The van der Waals surface area contributed by atoms with E-state index in [1.165, 1.54) is 12.2 Å². The lowest BCUT2D eigenvalue weighted by atomic mass is 10.1. The number of carbonyl (C=O) groups excluding carboxylic acids is 2. The Hall–Kier alpha value is -2.82. The van der Waals surface area contributed by atoms with Gasteiger partial charge in [-0.1, -0.05) is 48.5 Å². The number of fused-ring (bicyclic) bond motifs is 2. The molecular formula is C23H16O2S2. The first-order chi connectivity index (χ1) is 13.2. The molecule has 0 unspecified atom stereocenters. The van der Waals surface area contributed by atoms with Gasteiger partial charge < -0.3 is 0 Å². The lowest BCUT2D eigenvalue weighted by molar-refractivity contribution is -0.121. The number of rotatable bonds is 6. The molecule has 2 heterocycles.